The van der Waals surface area contributed by atoms with Crippen LogP contribution in [0.5, 0.6) is 0 Å². The molecule has 2 aromatic carbocycles. The highest BCUT2D eigenvalue weighted by atomic mass is 19.1. The Balaban J connectivity index is 1.70. The fourth-order valence-corrected chi connectivity index (χ4v) is 3.37. The van der Waals surface area contributed by atoms with Crippen molar-refractivity contribution in [1.29, 1.82) is 0 Å². The molecule has 6 nitrogen and oxygen atoms in total. The molecule has 0 unspecified atom stereocenters. The molecule has 4 N–H and O–H groups in total. The Morgan fingerprint density at radius 3 is 2.50 bits per heavy atom. The molecule has 30 heavy (non-hydrogen) atoms. The monoisotopic (exact) mass is 408 g/mol. The van der Waals surface area contributed by atoms with Gasteiger partial charge in [0.1, 0.15) is 17.5 Å². The van der Waals surface area contributed by atoms with Crippen LogP contribution in [0.1, 0.15) is 36.8 Å². The van der Waals surface area contributed by atoms with Crippen LogP contribution in [-0.2, 0) is 0 Å². The summed E-state index contributed by atoms with van der Waals surface area (Å²) in [5.41, 5.74) is 8.16. The Labute approximate surface area is 172 Å². The van der Waals surface area contributed by atoms with Crippen molar-refractivity contribution in [2.75, 3.05) is 6.54 Å². The van der Waals surface area contributed by atoms with Crippen LogP contribution in [0, 0.1) is 17.6 Å². The van der Waals surface area contributed by atoms with Gasteiger partial charge in [-0.25, -0.2) is 13.8 Å². The van der Waals surface area contributed by atoms with Gasteiger partial charge in [-0.05, 0) is 35.8 Å². The van der Waals surface area contributed by atoms with Crippen LogP contribution in [-0.4, -0.2) is 31.9 Å². The van der Waals surface area contributed by atoms with Crippen molar-refractivity contribution in [3.8, 4) is 11.4 Å². The van der Waals surface area contributed by atoms with Gasteiger partial charge in [0.2, 0.25) is 0 Å². The van der Waals surface area contributed by atoms with E-state index in [4.69, 9.17) is 5.73 Å². The van der Waals surface area contributed by atoms with E-state index in [-0.39, 0.29) is 29.0 Å². The van der Waals surface area contributed by atoms with E-state index >= 15 is 0 Å². The zero-order chi connectivity index (χ0) is 21.3. The fourth-order valence-electron chi connectivity index (χ4n) is 3.37. The van der Waals surface area contributed by atoms with Gasteiger partial charge in [0.25, 0.3) is 0 Å². The number of hydrogen-bond acceptors (Lipinski definition) is 4. The quantitative estimate of drug-likeness (QED) is 0.438. The molecule has 1 atom stereocenters. The van der Waals surface area contributed by atoms with Crippen LogP contribution >= 0.6 is 0 Å². The lowest BCUT2D eigenvalue weighted by atomic mass is 9.95. The van der Waals surface area contributed by atoms with Crippen molar-refractivity contribution in [3.63, 3.8) is 0 Å². The molecular formula is C22H22F2N6. The summed E-state index contributed by atoms with van der Waals surface area (Å²) in [4.78, 5) is 4.49. The molecule has 0 saturated carbocycles. The molecule has 4 rings (SSSR count). The molecule has 0 bridgehead atoms. The Morgan fingerprint density at radius 2 is 1.80 bits per heavy atom. The van der Waals surface area contributed by atoms with Crippen molar-refractivity contribution >= 4 is 23.1 Å². The second-order valence-corrected chi connectivity index (χ2v) is 7.50. The average molecular weight is 408 g/mol. The largest absolute Gasteiger partial charge is 0.330 e. The average Bonchev–Trinajstić information content (AvgIpc) is 3.34. The first-order valence-corrected chi connectivity index (χ1v) is 9.70. The van der Waals surface area contributed by atoms with Gasteiger partial charge < -0.3 is 5.73 Å². The van der Waals surface area contributed by atoms with Gasteiger partial charge in [0.15, 0.2) is 5.82 Å². The maximum atomic E-state index is 14.7. The van der Waals surface area contributed by atoms with Gasteiger partial charge in [-0.3, -0.25) is 10.2 Å². The molecular weight excluding hydrogens is 386 g/mol. The van der Waals surface area contributed by atoms with E-state index in [0.717, 1.165) is 10.9 Å². The van der Waals surface area contributed by atoms with Crippen LogP contribution in [0.25, 0.3) is 34.4 Å². The van der Waals surface area contributed by atoms with Crippen LogP contribution in [0.2, 0.25) is 0 Å². The normalized spacial score (nSPS) is 13.0. The summed E-state index contributed by atoms with van der Waals surface area (Å²) >= 11 is 0. The number of nitrogens with zero attached hydrogens (tertiary/aromatic N) is 3. The lowest BCUT2D eigenvalue weighted by molar-refractivity contribution is 0.485. The van der Waals surface area contributed by atoms with Crippen LogP contribution in [0.4, 0.5) is 8.78 Å². The maximum Gasteiger partial charge on any atom is 0.184 e. The minimum atomic E-state index is -0.445. The topological polar surface area (TPSA) is 96.3 Å². The molecule has 154 valence electrons. The number of halogens is 2. The molecule has 0 fully saturated rings. The standard InChI is InChI=1S/C22H22F2N6/c1-12(2)17(11-25)22-26-21(29-30-22)15-9-16-19(27-28-20(16)10-18(15)24)8-5-13-3-6-14(23)7-4-13/h3-10,12,17H,11,25H2,1-2H3,(H,27,28)(H,26,29,30)/b8-5+/t17-/m1/s1. The molecule has 0 spiro atoms. The van der Waals surface area contributed by atoms with E-state index in [0.29, 0.717) is 23.6 Å². The molecule has 0 amide bonds. The van der Waals surface area contributed by atoms with E-state index in [9.17, 15) is 8.78 Å². The minimum absolute atomic E-state index is 0.0150. The Bertz CT molecular complexity index is 1190. The van der Waals surface area contributed by atoms with E-state index in [1.807, 2.05) is 6.08 Å². The summed E-state index contributed by atoms with van der Waals surface area (Å²) in [5.74, 6) is 0.475. The van der Waals surface area contributed by atoms with E-state index in [1.165, 1.54) is 18.2 Å². The van der Waals surface area contributed by atoms with E-state index < -0.39 is 5.82 Å². The second-order valence-electron chi connectivity index (χ2n) is 7.50. The number of nitrogens with two attached hydrogens (primary N) is 1. The van der Waals surface area contributed by atoms with Crippen LogP contribution < -0.4 is 5.73 Å². The van der Waals surface area contributed by atoms with E-state index in [1.54, 1.807) is 24.3 Å². The third-order valence-corrected chi connectivity index (χ3v) is 5.14. The molecule has 0 aliphatic heterocycles. The number of aromatic amines is 2. The number of hydrogen-bond donors (Lipinski definition) is 3. The second kappa shape index (κ2) is 8.16. The van der Waals surface area contributed by atoms with Crippen molar-refractivity contribution < 1.29 is 8.78 Å². The van der Waals surface area contributed by atoms with Gasteiger partial charge in [-0.2, -0.15) is 10.2 Å². The summed E-state index contributed by atoms with van der Waals surface area (Å²) in [5, 5.41) is 14.9. The lowest BCUT2D eigenvalue weighted by Crippen LogP contribution is -2.19. The third-order valence-electron chi connectivity index (χ3n) is 5.14. The van der Waals surface area contributed by atoms with Gasteiger partial charge in [-0.15, -0.1) is 0 Å². The first-order chi connectivity index (χ1) is 14.5. The SMILES string of the molecule is CC(C)[C@@H](CN)c1nc(-c2cc3c(/C=C/c4ccc(F)cc4)n[nH]c3cc2F)n[nH]1. The molecule has 0 radical (unpaired) electrons. The highest BCUT2D eigenvalue weighted by Crippen LogP contribution is 2.29. The summed E-state index contributed by atoms with van der Waals surface area (Å²) in [7, 11) is 0. The summed E-state index contributed by atoms with van der Waals surface area (Å²) in [6.45, 7) is 4.53. The lowest BCUT2D eigenvalue weighted by Gasteiger charge is -2.14. The molecule has 2 heterocycles. The predicted octanol–water partition coefficient (Wildman–Crippen LogP) is 4.49. The molecule has 4 aromatic rings. The molecule has 2 aromatic heterocycles. The number of nitrogens with one attached hydrogen (secondary N) is 2. The maximum absolute atomic E-state index is 14.7. The Morgan fingerprint density at radius 1 is 1.03 bits per heavy atom. The zero-order valence-electron chi connectivity index (χ0n) is 16.7. The van der Waals surface area contributed by atoms with Crippen LogP contribution in [0.15, 0.2) is 36.4 Å². The van der Waals surface area contributed by atoms with Crippen LogP contribution in [0.3, 0.4) is 0 Å². The smallest absolute Gasteiger partial charge is 0.184 e. The number of fused-ring (bicyclic) bond motifs is 1. The predicted molar refractivity (Wildman–Crippen MR) is 113 cm³/mol. The Hall–Kier alpha value is -3.39. The zero-order valence-corrected chi connectivity index (χ0v) is 16.7. The van der Waals surface area contributed by atoms with Gasteiger partial charge in [-0.1, -0.05) is 32.1 Å². The first kappa shape index (κ1) is 19.9. The molecule has 0 aliphatic rings. The number of benzene rings is 2. The molecule has 8 heteroatoms. The van der Waals surface area contributed by atoms with Crippen molar-refractivity contribution in [3.05, 3.63) is 65.1 Å². The number of aromatic nitrogens is 5. The number of rotatable bonds is 6. The molecule has 0 saturated heterocycles. The number of H-pyrrole nitrogens is 2. The van der Waals surface area contributed by atoms with Gasteiger partial charge in [0.05, 0.1) is 16.8 Å². The summed E-state index contributed by atoms with van der Waals surface area (Å²) in [6.07, 6.45) is 3.61. The summed E-state index contributed by atoms with van der Waals surface area (Å²) < 4.78 is 27.8. The third kappa shape index (κ3) is 3.86. The minimum Gasteiger partial charge on any atom is -0.330 e. The van der Waals surface area contributed by atoms with Gasteiger partial charge >= 0.3 is 0 Å². The fraction of sp³-hybridized carbons (Fsp3) is 0.227. The van der Waals surface area contributed by atoms with E-state index in [2.05, 4.69) is 39.2 Å². The Kier molecular flexibility index (Phi) is 5.41. The molecule has 0 aliphatic carbocycles. The van der Waals surface area contributed by atoms with Crippen molar-refractivity contribution in [2.45, 2.75) is 19.8 Å². The van der Waals surface area contributed by atoms with Crippen molar-refractivity contribution in [2.24, 2.45) is 11.7 Å². The highest BCUT2D eigenvalue weighted by Gasteiger charge is 2.20. The van der Waals surface area contributed by atoms with Gasteiger partial charge in [0, 0.05) is 23.9 Å². The van der Waals surface area contributed by atoms with Crippen molar-refractivity contribution in [1.82, 2.24) is 25.4 Å². The first-order valence-electron chi connectivity index (χ1n) is 9.70. The summed E-state index contributed by atoms with van der Waals surface area (Å²) in [6, 6.07) is 9.18. The highest BCUT2D eigenvalue weighted by molar-refractivity contribution is 5.92.